The second-order valence-electron chi connectivity index (χ2n) is 5.76. The Balaban J connectivity index is 2.05. The lowest BCUT2D eigenvalue weighted by molar-refractivity contribution is 0.00497. The van der Waals surface area contributed by atoms with E-state index in [1.165, 1.54) is 6.07 Å². The molecule has 0 saturated heterocycles. The zero-order chi connectivity index (χ0) is 14.8. The van der Waals surface area contributed by atoms with Gasteiger partial charge in [0.1, 0.15) is 0 Å². The number of aliphatic hydroxyl groups is 1. The largest absolute Gasteiger partial charge is 0.478 e. The van der Waals surface area contributed by atoms with Crippen molar-refractivity contribution < 1.29 is 15.0 Å². The Morgan fingerprint density at radius 2 is 2.10 bits per heavy atom. The molecule has 1 saturated carbocycles. The van der Waals surface area contributed by atoms with Crippen molar-refractivity contribution in [1.82, 2.24) is 0 Å². The predicted octanol–water partition coefficient (Wildman–Crippen LogP) is 3.39. The van der Waals surface area contributed by atoms with Crippen LogP contribution in [-0.4, -0.2) is 28.3 Å². The summed E-state index contributed by atoms with van der Waals surface area (Å²) in [4.78, 5) is 11.2. The Kier molecular flexibility index (Phi) is 4.55. The van der Waals surface area contributed by atoms with Gasteiger partial charge in [0.05, 0.1) is 11.2 Å². The molecule has 0 unspecified atom stereocenters. The van der Waals surface area contributed by atoms with Gasteiger partial charge in [-0.1, -0.05) is 18.5 Å². The number of nitrogens with one attached hydrogen (secondary N) is 1. The van der Waals surface area contributed by atoms with E-state index in [-0.39, 0.29) is 5.56 Å². The van der Waals surface area contributed by atoms with E-state index < -0.39 is 11.6 Å². The SMILES string of the molecule is CC1CCC(O)(CNc2ccc(Cl)cc2C(=O)O)CC1. The summed E-state index contributed by atoms with van der Waals surface area (Å²) in [6.07, 6.45) is 3.50. The van der Waals surface area contributed by atoms with Crippen LogP contribution in [0.4, 0.5) is 5.69 Å². The van der Waals surface area contributed by atoms with Crippen LogP contribution in [0, 0.1) is 5.92 Å². The zero-order valence-electron chi connectivity index (χ0n) is 11.5. The van der Waals surface area contributed by atoms with Crippen LogP contribution in [0.2, 0.25) is 5.02 Å². The molecule has 0 aromatic heterocycles. The van der Waals surface area contributed by atoms with Crippen LogP contribution in [0.15, 0.2) is 18.2 Å². The van der Waals surface area contributed by atoms with Gasteiger partial charge in [-0.05, 0) is 49.8 Å². The predicted molar refractivity (Wildman–Crippen MR) is 79.5 cm³/mol. The van der Waals surface area contributed by atoms with Crippen LogP contribution in [0.25, 0.3) is 0 Å². The fraction of sp³-hybridized carbons (Fsp3) is 0.533. The maximum atomic E-state index is 11.2. The maximum absolute atomic E-state index is 11.2. The standard InChI is InChI=1S/C15H20ClNO3/c1-10-4-6-15(20,7-5-10)9-17-13-3-2-11(16)8-12(13)14(18)19/h2-3,8,10,17,20H,4-7,9H2,1H3,(H,18,19). The monoisotopic (exact) mass is 297 g/mol. The number of hydrogen-bond acceptors (Lipinski definition) is 3. The fourth-order valence-corrected chi connectivity index (χ4v) is 2.76. The van der Waals surface area contributed by atoms with Crippen molar-refractivity contribution >= 4 is 23.3 Å². The summed E-state index contributed by atoms with van der Waals surface area (Å²) in [6.45, 7) is 2.55. The molecule has 2 rings (SSSR count). The average molecular weight is 298 g/mol. The van der Waals surface area contributed by atoms with Crippen LogP contribution in [0.3, 0.4) is 0 Å². The number of rotatable bonds is 4. The maximum Gasteiger partial charge on any atom is 0.337 e. The highest BCUT2D eigenvalue weighted by atomic mass is 35.5. The van der Waals surface area contributed by atoms with Gasteiger partial charge in [-0.2, -0.15) is 0 Å². The van der Waals surface area contributed by atoms with Gasteiger partial charge in [0, 0.05) is 17.3 Å². The number of carbonyl (C=O) groups is 1. The Morgan fingerprint density at radius 3 is 2.70 bits per heavy atom. The number of anilines is 1. The number of halogens is 1. The second kappa shape index (κ2) is 6.02. The highest BCUT2D eigenvalue weighted by Gasteiger charge is 2.31. The summed E-state index contributed by atoms with van der Waals surface area (Å²) in [5.74, 6) is -0.375. The first-order valence-electron chi connectivity index (χ1n) is 6.89. The minimum atomic E-state index is -1.03. The van der Waals surface area contributed by atoms with Gasteiger partial charge in [0.2, 0.25) is 0 Å². The normalized spacial score (nSPS) is 26.2. The molecule has 4 nitrogen and oxygen atoms in total. The molecule has 0 amide bonds. The van der Waals surface area contributed by atoms with E-state index in [1.54, 1.807) is 12.1 Å². The topological polar surface area (TPSA) is 69.6 Å². The molecule has 0 atom stereocenters. The van der Waals surface area contributed by atoms with E-state index in [9.17, 15) is 9.90 Å². The third-order valence-corrected chi connectivity index (χ3v) is 4.26. The van der Waals surface area contributed by atoms with Gasteiger partial charge >= 0.3 is 5.97 Å². The first-order chi connectivity index (χ1) is 9.39. The average Bonchev–Trinajstić information content (AvgIpc) is 2.41. The molecule has 0 aliphatic heterocycles. The van der Waals surface area contributed by atoms with Crippen molar-refractivity contribution in [3.8, 4) is 0 Å². The smallest absolute Gasteiger partial charge is 0.337 e. The lowest BCUT2D eigenvalue weighted by atomic mass is 9.79. The molecular formula is C15H20ClNO3. The van der Waals surface area contributed by atoms with E-state index in [0.29, 0.717) is 23.2 Å². The molecule has 0 spiro atoms. The summed E-state index contributed by atoms with van der Waals surface area (Å²) >= 11 is 5.81. The summed E-state index contributed by atoms with van der Waals surface area (Å²) < 4.78 is 0. The quantitative estimate of drug-likeness (QED) is 0.797. The van der Waals surface area contributed by atoms with Crippen LogP contribution >= 0.6 is 11.6 Å². The van der Waals surface area contributed by atoms with E-state index in [2.05, 4.69) is 12.2 Å². The van der Waals surface area contributed by atoms with Crippen molar-refractivity contribution in [3.63, 3.8) is 0 Å². The molecular weight excluding hydrogens is 278 g/mol. The Labute approximate surface area is 123 Å². The molecule has 0 heterocycles. The van der Waals surface area contributed by atoms with Crippen LogP contribution in [0.1, 0.15) is 43.0 Å². The van der Waals surface area contributed by atoms with E-state index in [1.807, 2.05) is 0 Å². The minimum Gasteiger partial charge on any atom is -0.478 e. The summed E-state index contributed by atoms with van der Waals surface area (Å²) in [5, 5.41) is 23.1. The number of aromatic carboxylic acids is 1. The highest BCUT2D eigenvalue weighted by molar-refractivity contribution is 6.31. The van der Waals surface area contributed by atoms with Crippen molar-refractivity contribution in [1.29, 1.82) is 0 Å². The van der Waals surface area contributed by atoms with Crippen LogP contribution in [-0.2, 0) is 0 Å². The third-order valence-electron chi connectivity index (χ3n) is 4.02. The molecule has 0 bridgehead atoms. The Hall–Kier alpha value is -1.26. The van der Waals surface area contributed by atoms with Crippen molar-refractivity contribution in [2.24, 2.45) is 5.92 Å². The minimum absolute atomic E-state index is 0.130. The second-order valence-corrected chi connectivity index (χ2v) is 6.19. The Bertz CT molecular complexity index is 496. The molecule has 1 fully saturated rings. The van der Waals surface area contributed by atoms with E-state index >= 15 is 0 Å². The van der Waals surface area contributed by atoms with Gasteiger partial charge in [-0.3, -0.25) is 0 Å². The molecule has 20 heavy (non-hydrogen) atoms. The van der Waals surface area contributed by atoms with E-state index in [0.717, 1.165) is 25.7 Å². The lowest BCUT2D eigenvalue weighted by Crippen LogP contribution is -2.40. The third kappa shape index (κ3) is 3.64. The van der Waals surface area contributed by atoms with Gasteiger partial charge in [0.25, 0.3) is 0 Å². The fourth-order valence-electron chi connectivity index (χ4n) is 2.58. The molecule has 110 valence electrons. The molecule has 1 aromatic rings. The lowest BCUT2D eigenvalue weighted by Gasteiger charge is -2.35. The van der Waals surface area contributed by atoms with Gasteiger partial charge < -0.3 is 15.5 Å². The zero-order valence-corrected chi connectivity index (χ0v) is 12.3. The molecule has 1 aliphatic carbocycles. The molecule has 5 heteroatoms. The van der Waals surface area contributed by atoms with Crippen molar-refractivity contribution in [2.45, 2.75) is 38.2 Å². The highest BCUT2D eigenvalue weighted by Crippen LogP contribution is 2.32. The molecule has 0 radical (unpaired) electrons. The van der Waals surface area contributed by atoms with E-state index in [4.69, 9.17) is 16.7 Å². The molecule has 3 N–H and O–H groups in total. The van der Waals surface area contributed by atoms with Gasteiger partial charge in [0.15, 0.2) is 0 Å². The van der Waals surface area contributed by atoms with Crippen molar-refractivity contribution in [3.05, 3.63) is 28.8 Å². The number of carboxylic acids is 1. The van der Waals surface area contributed by atoms with Gasteiger partial charge in [-0.15, -0.1) is 0 Å². The number of carboxylic acid groups (broad SMARTS) is 1. The summed E-state index contributed by atoms with van der Waals surface area (Å²) in [5.41, 5.74) is -0.124. The van der Waals surface area contributed by atoms with Gasteiger partial charge in [-0.25, -0.2) is 4.79 Å². The molecule has 1 aromatic carbocycles. The number of hydrogen-bond donors (Lipinski definition) is 3. The summed E-state index contributed by atoms with van der Waals surface area (Å²) in [7, 11) is 0. The Morgan fingerprint density at radius 1 is 1.45 bits per heavy atom. The molecule has 1 aliphatic rings. The summed E-state index contributed by atoms with van der Waals surface area (Å²) in [6, 6.07) is 4.70. The number of benzene rings is 1. The van der Waals surface area contributed by atoms with Crippen LogP contribution in [0.5, 0.6) is 0 Å². The van der Waals surface area contributed by atoms with Crippen LogP contribution < -0.4 is 5.32 Å². The van der Waals surface area contributed by atoms with Crippen molar-refractivity contribution in [2.75, 3.05) is 11.9 Å². The first-order valence-corrected chi connectivity index (χ1v) is 7.26. The first kappa shape index (κ1) is 15.1.